The first-order chi connectivity index (χ1) is 15.0. The molecular weight excluding hydrogens is 410 g/mol. The summed E-state index contributed by atoms with van der Waals surface area (Å²) in [6.07, 6.45) is 0.921. The van der Waals surface area contributed by atoms with Crippen LogP contribution in [0.15, 0.2) is 54.6 Å². The molecule has 0 saturated carbocycles. The molecule has 1 aromatic heterocycles. The van der Waals surface area contributed by atoms with Gasteiger partial charge in [-0.15, -0.1) is 0 Å². The Kier molecular flexibility index (Phi) is 6.59. The Morgan fingerprint density at radius 2 is 1.77 bits per heavy atom. The summed E-state index contributed by atoms with van der Waals surface area (Å²) in [6, 6.07) is 18.0. The molecule has 1 N–H and O–H groups in total. The molecule has 2 aromatic carbocycles. The molecule has 2 heterocycles. The van der Waals surface area contributed by atoms with E-state index in [4.69, 9.17) is 11.6 Å². The molecule has 1 aliphatic heterocycles. The second kappa shape index (κ2) is 9.54. The smallest absolute Gasteiger partial charge is 0.321 e. The van der Waals surface area contributed by atoms with Crippen molar-refractivity contribution >= 4 is 23.3 Å². The molecule has 0 aliphatic carbocycles. The third-order valence-corrected chi connectivity index (χ3v) is 6.25. The van der Waals surface area contributed by atoms with Crippen molar-refractivity contribution in [3.05, 3.63) is 71.0 Å². The lowest BCUT2D eigenvalue weighted by Gasteiger charge is -2.23. The van der Waals surface area contributed by atoms with Crippen LogP contribution < -0.4 is 5.32 Å². The maximum atomic E-state index is 13.0. The fraction of sp³-hybridized carbons (Fsp3) is 0.333. The van der Waals surface area contributed by atoms with Crippen LogP contribution in [0.4, 0.5) is 10.5 Å². The molecule has 0 spiro atoms. The van der Waals surface area contributed by atoms with E-state index in [1.807, 2.05) is 61.3 Å². The number of aryl methyl sites for hydroxylation is 2. The molecule has 0 atom stereocenters. The number of hydrogen-bond acceptors (Lipinski definition) is 3. The van der Waals surface area contributed by atoms with Crippen molar-refractivity contribution in [1.29, 1.82) is 0 Å². The highest BCUT2D eigenvalue weighted by atomic mass is 35.5. The van der Waals surface area contributed by atoms with Crippen molar-refractivity contribution in [3.63, 3.8) is 0 Å². The fourth-order valence-electron chi connectivity index (χ4n) is 4.07. The summed E-state index contributed by atoms with van der Waals surface area (Å²) in [6.45, 7) is 5.88. The van der Waals surface area contributed by atoms with Crippen molar-refractivity contribution in [3.8, 4) is 11.1 Å². The van der Waals surface area contributed by atoms with E-state index < -0.39 is 0 Å². The SMILES string of the molecule is Cc1nn(C)c(Cl)c1CN1CCCN(C(=O)Nc2ccccc2-c2ccccc2)CC1. The molecule has 4 rings (SSSR count). The van der Waals surface area contributed by atoms with E-state index in [2.05, 4.69) is 27.4 Å². The summed E-state index contributed by atoms with van der Waals surface area (Å²) >= 11 is 6.41. The summed E-state index contributed by atoms with van der Waals surface area (Å²) in [5.41, 5.74) is 4.97. The van der Waals surface area contributed by atoms with Crippen LogP contribution in [0.1, 0.15) is 17.7 Å². The fourth-order valence-corrected chi connectivity index (χ4v) is 4.30. The van der Waals surface area contributed by atoms with Crippen LogP contribution in [0.5, 0.6) is 0 Å². The topological polar surface area (TPSA) is 53.4 Å². The van der Waals surface area contributed by atoms with Crippen LogP contribution in [0.2, 0.25) is 5.15 Å². The van der Waals surface area contributed by atoms with Crippen molar-refractivity contribution in [2.75, 3.05) is 31.5 Å². The predicted molar refractivity (Wildman–Crippen MR) is 125 cm³/mol. The summed E-state index contributed by atoms with van der Waals surface area (Å²) in [5.74, 6) is 0. The van der Waals surface area contributed by atoms with Gasteiger partial charge < -0.3 is 10.2 Å². The van der Waals surface area contributed by atoms with Crippen molar-refractivity contribution in [1.82, 2.24) is 19.6 Å². The molecule has 6 nitrogen and oxygen atoms in total. The number of amides is 2. The molecule has 1 fully saturated rings. The normalized spacial score (nSPS) is 15.0. The van der Waals surface area contributed by atoms with Gasteiger partial charge in [-0.2, -0.15) is 5.10 Å². The van der Waals surface area contributed by atoms with Crippen LogP contribution in [-0.2, 0) is 13.6 Å². The number of aromatic nitrogens is 2. The zero-order chi connectivity index (χ0) is 21.8. The van der Waals surface area contributed by atoms with Crippen LogP contribution in [0.25, 0.3) is 11.1 Å². The number of halogens is 1. The van der Waals surface area contributed by atoms with Gasteiger partial charge in [-0.1, -0.05) is 60.1 Å². The molecule has 0 unspecified atom stereocenters. The molecule has 0 bridgehead atoms. The first-order valence-electron chi connectivity index (χ1n) is 10.6. The Morgan fingerprint density at radius 1 is 1.03 bits per heavy atom. The highest BCUT2D eigenvalue weighted by molar-refractivity contribution is 6.30. The minimum atomic E-state index is -0.0548. The van der Waals surface area contributed by atoms with Gasteiger partial charge in [0, 0.05) is 50.9 Å². The van der Waals surface area contributed by atoms with E-state index in [1.54, 1.807) is 4.68 Å². The Morgan fingerprint density at radius 3 is 2.52 bits per heavy atom. The molecular formula is C24H28ClN5O. The minimum Gasteiger partial charge on any atom is -0.323 e. The molecule has 1 saturated heterocycles. The number of nitrogens with zero attached hydrogens (tertiary/aromatic N) is 4. The quantitative estimate of drug-likeness (QED) is 0.638. The Bertz CT molecular complexity index is 1050. The van der Waals surface area contributed by atoms with E-state index >= 15 is 0 Å². The Hall–Kier alpha value is -2.83. The van der Waals surface area contributed by atoms with Crippen LogP contribution in [-0.4, -0.2) is 51.8 Å². The van der Waals surface area contributed by atoms with Gasteiger partial charge in [0.1, 0.15) is 5.15 Å². The summed E-state index contributed by atoms with van der Waals surface area (Å²) in [5, 5.41) is 8.22. The first kappa shape index (κ1) is 21.4. The second-order valence-electron chi connectivity index (χ2n) is 7.94. The minimum absolute atomic E-state index is 0.0548. The zero-order valence-electron chi connectivity index (χ0n) is 18.0. The largest absolute Gasteiger partial charge is 0.323 e. The lowest BCUT2D eigenvalue weighted by atomic mass is 10.0. The van der Waals surface area contributed by atoms with Gasteiger partial charge in [-0.3, -0.25) is 9.58 Å². The van der Waals surface area contributed by atoms with Gasteiger partial charge in [0.15, 0.2) is 0 Å². The molecule has 162 valence electrons. The molecule has 31 heavy (non-hydrogen) atoms. The number of para-hydroxylation sites is 1. The Balaban J connectivity index is 1.41. The van der Waals surface area contributed by atoms with Gasteiger partial charge in [-0.05, 0) is 25.0 Å². The summed E-state index contributed by atoms with van der Waals surface area (Å²) < 4.78 is 1.72. The lowest BCUT2D eigenvalue weighted by molar-refractivity contribution is 0.211. The molecule has 7 heteroatoms. The number of nitrogens with one attached hydrogen (secondary N) is 1. The van der Waals surface area contributed by atoms with Crippen LogP contribution in [0.3, 0.4) is 0 Å². The molecule has 2 amide bonds. The summed E-state index contributed by atoms with van der Waals surface area (Å²) in [4.78, 5) is 17.3. The lowest BCUT2D eigenvalue weighted by Crippen LogP contribution is -2.38. The van der Waals surface area contributed by atoms with E-state index in [-0.39, 0.29) is 6.03 Å². The highest BCUT2D eigenvalue weighted by Gasteiger charge is 2.22. The van der Waals surface area contributed by atoms with Crippen molar-refractivity contribution in [2.24, 2.45) is 7.05 Å². The molecule has 0 radical (unpaired) electrons. The van der Waals surface area contributed by atoms with Crippen molar-refractivity contribution < 1.29 is 4.79 Å². The average molecular weight is 438 g/mol. The van der Waals surface area contributed by atoms with E-state index in [0.29, 0.717) is 11.7 Å². The standard InChI is InChI=1S/C24H28ClN5O/c1-18-21(23(25)28(2)27-18)17-29-13-8-14-30(16-15-29)24(31)26-22-12-7-6-11-20(22)19-9-4-3-5-10-19/h3-7,9-12H,8,13-17H2,1-2H3,(H,26,31). The van der Waals surface area contributed by atoms with Gasteiger partial charge >= 0.3 is 6.03 Å². The maximum Gasteiger partial charge on any atom is 0.321 e. The number of hydrogen-bond donors (Lipinski definition) is 1. The number of carbonyl (C=O) groups excluding carboxylic acids is 1. The summed E-state index contributed by atoms with van der Waals surface area (Å²) in [7, 11) is 1.86. The van der Waals surface area contributed by atoms with Gasteiger partial charge in [0.05, 0.1) is 11.4 Å². The van der Waals surface area contributed by atoms with E-state index in [9.17, 15) is 4.79 Å². The number of anilines is 1. The maximum absolute atomic E-state index is 13.0. The molecule has 3 aromatic rings. The van der Waals surface area contributed by atoms with E-state index in [1.165, 1.54) is 0 Å². The van der Waals surface area contributed by atoms with Gasteiger partial charge in [-0.25, -0.2) is 4.79 Å². The van der Waals surface area contributed by atoms with Crippen molar-refractivity contribution in [2.45, 2.75) is 19.9 Å². The molecule has 1 aliphatic rings. The zero-order valence-corrected chi connectivity index (χ0v) is 18.8. The Labute approximate surface area is 188 Å². The first-order valence-corrected chi connectivity index (χ1v) is 11.0. The number of benzene rings is 2. The number of rotatable bonds is 4. The predicted octanol–water partition coefficient (Wildman–Crippen LogP) is 4.79. The second-order valence-corrected chi connectivity index (χ2v) is 8.29. The van der Waals surface area contributed by atoms with Gasteiger partial charge in [0.25, 0.3) is 0 Å². The average Bonchev–Trinajstić information content (AvgIpc) is 2.94. The number of urea groups is 1. The van der Waals surface area contributed by atoms with Crippen LogP contribution >= 0.6 is 11.6 Å². The third kappa shape index (κ3) is 4.92. The van der Waals surface area contributed by atoms with Gasteiger partial charge in [0.2, 0.25) is 0 Å². The van der Waals surface area contributed by atoms with E-state index in [0.717, 1.165) is 60.7 Å². The van der Waals surface area contributed by atoms with Crippen LogP contribution in [0, 0.1) is 6.92 Å². The monoisotopic (exact) mass is 437 g/mol. The number of carbonyl (C=O) groups is 1. The third-order valence-electron chi connectivity index (χ3n) is 5.78. The highest BCUT2D eigenvalue weighted by Crippen LogP contribution is 2.28.